The van der Waals surface area contributed by atoms with Crippen molar-refractivity contribution in [2.75, 3.05) is 5.32 Å². The van der Waals surface area contributed by atoms with Crippen molar-refractivity contribution < 1.29 is 0 Å². The number of benzene rings is 2. The highest BCUT2D eigenvalue weighted by Gasteiger charge is 2.08. The quantitative estimate of drug-likeness (QED) is 0.409. The molecule has 0 amide bonds. The maximum Gasteiger partial charge on any atom is 0.0348 e. The average molecular weight is 434 g/mol. The van der Waals surface area contributed by atoms with E-state index in [0.29, 0.717) is 6.04 Å². The van der Waals surface area contributed by atoms with Crippen LogP contribution in [0.15, 0.2) is 43.0 Å². The molecular formula is C31H47N. The second-order valence-corrected chi connectivity index (χ2v) is 8.68. The van der Waals surface area contributed by atoms with Crippen molar-refractivity contribution in [3.05, 3.63) is 70.8 Å². The van der Waals surface area contributed by atoms with Crippen molar-refractivity contribution in [3.63, 3.8) is 0 Å². The van der Waals surface area contributed by atoms with E-state index in [9.17, 15) is 0 Å². The van der Waals surface area contributed by atoms with Gasteiger partial charge in [0.15, 0.2) is 0 Å². The van der Waals surface area contributed by atoms with Crippen LogP contribution in [0.1, 0.15) is 94.5 Å². The zero-order chi connectivity index (χ0) is 24.5. The van der Waals surface area contributed by atoms with Crippen molar-refractivity contribution in [1.82, 2.24) is 0 Å². The molecule has 0 aliphatic carbocycles. The molecule has 2 rings (SSSR count). The molecule has 0 aliphatic heterocycles. The predicted molar refractivity (Wildman–Crippen MR) is 148 cm³/mol. The van der Waals surface area contributed by atoms with Crippen molar-refractivity contribution in [2.45, 2.75) is 100.0 Å². The third-order valence-electron chi connectivity index (χ3n) is 5.35. The molecule has 0 radical (unpaired) electrons. The molecule has 0 aliphatic rings. The number of allylic oxidation sites excluding steroid dienone is 1. The first-order valence-corrected chi connectivity index (χ1v) is 12.3. The number of hydrogen-bond acceptors (Lipinski definition) is 1. The van der Waals surface area contributed by atoms with Gasteiger partial charge in [-0.2, -0.15) is 0 Å². The van der Waals surface area contributed by atoms with Crippen LogP contribution in [0.4, 0.5) is 5.69 Å². The van der Waals surface area contributed by atoms with Crippen LogP contribution in [0, 0.1) is 33.1 Å². The first-order chi connectivity index (χ1) is 15.2. The summed E-state index contributed by atoms with van der Waals surface area (Å²) in [5.74, 6) is 2.65. The summed E-state index contributed by atoms with van der Waals surface area (Å²) >= 11 is 0. The zero-order valence-electron chi connectivity index (χ0n) is 22.1. The molecule has 0 bridgehead atoms. The van der Waals surface area contributed by atoms with Gasteiger partial charge in [-0.25, -0.2) is 0 Å². The molecule has 1 heteroatoms. The Balaban J connectivity index is 0.000000582. The van der Waals surface area contributed by atoms with E-state index in [4.69, 9.17) is 6.42 Å². The molecule has 0 fully saturated rings. The molecule has 176 valence electrons. The second-order valence-electron chi connectivity index (χ2n) is 8.68. The van der Waals surface area contributed by atoms with Gasteiger partial charge in [0.2, 0.25) is 0 Å². The summed E-state index contributed by atoms with van der Waals surface area (Å²) in [7, 11) is 0. The van der Waals surface area contributed by atoms with E-state index in [0.717, 1.165) is 12.0 Å². The van der Waals surface area contributed by atoms with Crippen LogP contribution in [-0.2, 0) is 6.42 Å². The van der Waals surface area contributed by atoms with Crippen molar-refractivity contribution in [3.8, 4) is 12.3 Å². The van der Waals surface area contributed by atoms with E-state index in [1.807, 2.05) is 0 Å². The minimum absolute atomic E-state index is 0.598. The molecule has 0 unspecified atom stereocenters. The van der Waals surface area contributed by atoms with E-state index >= 15 is 0 Å². The van der Waals surface area contributed by atoms with Crippen LogP contribution in [-0.4, -0.2) is 6.04 Å². The minimum Gasteiger partial charge on any atom is -0.382 e. The molecule has 2 aromatic carbocycles. The van der Waals surface area contributed by atoms with Crippen molar-refractivity contribution in [1.29, 1.82) is 0 Å². The Hall–Kier alpha value is -2.46. The molecule has 0 atom stereocenters. The van der Waals surface area contributed by atoms with E-state index in [-0.39, 0.29) is 0 Å². The first kappa shape index (κ1) is 29.5. The molecule has 1 nitrogen and oxygen atoms in total. The van der Waals surface area contributed by atoms with Gasteiger partial charge in [0, 0.05) is 18.2 Å². The SMILES string of the molecule is C#CCc1cccc(C)c1C.C=C(C)c1cc(NC(CCC)CCC)ccc1C.CCC. The lowest BCUT2D eigenvalue weighted by atomic mass is 10.0. The van der Waals surface area contributed by atoms with Gasteiger partial charge in [-0.05, 0) is 80.5 Å². The molecule has 0 spiro atoms. The zero-order valence-corrected chi connectivity index (χ0v) is 22.1. The van der Waals surface area contributed by atoms with Gasteiger partial charge in [-0.1, -0.05) is 83.4 Å². The number of aryl methyl sites for hydroxylation is 2. The highest BCUT2D eigenvalue weighted by molar-refractivity contribution is 5.68. The highest BCUT2D eigenvalue weighted by Crippen LogP contribution is 2.23. The molecule has 0 saturated heterocycles. The fourth-order valence-electron chi connectivity index (χ4n) is 3.51. The number of hydrogen-bond donors (Lipinski definition) is 1. The lowest BCUT2D eigenvalue weighted by Crippen LogP contribution is -2.18. The Kier molecular flexibility index (Phi) is 15.8. The Bertz CT molecular complexity index is 832. The van der Waals surface area contributed by atoms with Gasteiger partial charge in [0.25, 0.3) is 0 Å². The molecular weight excluding hydrogens is 386 g/mol. The monoisotopic (exact) mass is 433 g/mol. The van der Waals surface area contributed by atoms with E-state index in [1.165, 1.54) is 65.6 Å². The summed E-state index contributed by atoms with van der Waals surface area (Å²) in [6.45, 7) is 21.2. The first-order valence-electron chi connectivity index (χ1n) is 12.3. The highest BCUT2D eigenvalue weighted by atomic mass is 14.9. The fourth-order valence-corrected chi connectivity index (χ4v) is 3.51. The van der Waals surface area contributed by atoms with Crippen LogP contribution in [0.25, 0.3) is 5.57 Å². The fraction of sp³-hybridized carbons (Fsp3) is 0.484. The summed E-state index contributed by atoms with van der Waals surface area (Å²) in [6.07, 6.45) is 12.2. The van der Waals surface area contributed by atoms with E-state index in [1.54, 1.807) is 0 Å². The summed E-state index contributed by atoms with van der Waals surface area (Å²) in [5, 5.41) is 3.66. The smallest absolute Gasteiger partial charge is 0.0348 e. The van der Waals surface area contributed by atoms with Gasteiger partial charge in [0.05, 0.1) is 0 Å². The van der Waals surface area contributed by atoms with Crippen molar-refractivity contribution in [2.24, 2.45) is 0 Å². The normalized spacial score (nSPS) is 9.75. The van der Waals surface area contributed by atoms with Crippen LogP contribution in [0.3, 0.4) is 0 Å². The van der Waals surface area contributed by atoms with Gasteiger partial charge in [-0.15, -0.1) is 12.3 Å². The van der Waals surface area contributed by atoms with Gasteiger partial charge in [0.1, 0.15) is 0 Å². The molecule has 0 aromatic heterocycles. The molecule has 0 heterocycles. The van der Waals surface area contributed by atoms with Crippen LogP contribution in [0.2, 0.25) is 0 Å². The van der Waals surface area contributed by atoms with E-state index < -0.39 is 0 Å². The van der Waals surface area contributed by atoms with Crippen LogP contribution >= 0.6 is 0 Å². The molecule has 0 saturated carbocycles. The lowest BCUT2D eigenvalue weighted by molar-refractivity contribution is 0.586. The molecule has 32 heavy (non-hydrogen) atoms. The Labute approximate surface area is 199 Å². The Morgan fingerprint density at radius 1 is 0.969 bits per heavy atom. The van der Waals surface area contributed by atoms with Crippen LogP contribution in [0.5, 0.6) is 0 Å². The van der Waals surface area contributed by atoms with Gasteiger partial charge < -0.3 is 5.32 Å². The largest absolute Gasteiger partial charge is 0.382 e. The Morgan fingerprint density at radius 2 is 1.56 bits per heavy atom. The third-order valence-corrected chi connectivity index (χ3v) is 5.35. The Morgan fingerprint density at radius 3 is 2.06 bits per heavy atom. The summed E-state index contributed by atoms with van der Waals surface area (Å²) in [6, 6.07) is 13.4. The number of rotatable bonds is 8. The van der Waals surface area contributed by atoms with E-state index in [2.05, 4.69) is 110 Å². The predicted octanol–water partition coefficient (Wildman–Crippen LogP) is 9.30. The standard InChI is InChI=1S/C17H27N.C11H12.C3H8/c1-6-8-15(9-7-2)18-16-11-10-14(5)17(12-16)13(3)4;1-4-6-11-8-5-7-9(2)10(11)3;1-3-2/h10-12,15,18H,3,6-9H2,1-2,4-5H3;1,5,7-8H,6H2,2-3H3;3H2,1-2H3. The number of terminal acetylenes is 1. The van der Waals surface area contributed by atoms with Gasteiger partial charge in [-0.3, -0.25) is 0 Å². The maximum atomic E-state index is 5.23. The summed E-state index contributed by atoms with van der Waals surface area (Å²) in [4.78, 5) is 0. The summed E-state index contributed by atoms with van der Waals surface area (Å²) in [5.41, 5.74) is 8.85. The number of nitrogens with one attached hydrogen (secondary N) is 1. The average Bonchev–Trinajstić information content (AvgIpc) is 2.74. The lowest BCUT2D eigenvalue weighted by Gasteiger charge is -2.20. The molecule has 2 aromatic rings. The second kappa shape index (κ2) is 17.1. The maximum absolute atomic E-state index is 5.23. The van der Waals surface area contributed by atoms with Crippen molar-refractivity contribution >= 4 is 11.3 Å². The van der Waals surface area contributed by atoms with Crippen LogP contribution < -0.4 is 5.32 Å². The summed E-state index contributed by atoms with van der Waals surface area (Å²) < 4.78 is 0. The molecule has 1 N–H and O–H groups in total. The number of anilines is 1. The third kappa shape index (κ3) is 11.2. The minimum atomic E-state index is 0.598. The van der Waals surface area contributed by atoms with Gasteiger partial charge >= 0.3 is 0 Å². The topological polar surface area (TPSA) is 12.0 Å².